The van der Waals surface area contributed by atoms with Crippen LogP contribution in [0.4, 0.5) is 0 Å². The van der Waals surface area contributed by atoms with Gasteiger partial charge < -0.3 is 10.0 Å². The predicted octanol–water partition coefficient (Wildman–Crippen LogP) is 4.55. The number of likely N-dealkylation sites (tertiary alicyclic amines) is 1. The van der Waals surface area contributed by atoms with Crippen molar-refractivity contribution in [2.45, 2.75) is 69.2 Å². The molecule has 1 amide bonds. The smallest absolute Gasteiger partial charge is 0.254 e. The summed E-state index contributed by atoms with van der Waals surface area (Å²) in [4.78, 5) is 22.4. The fourth-order valence-electron chi connectivity index (χ4n) is 6.53. The lowest BCUT2D eigenvalue weighted by atomic mass is 9.76. The number of rotatable bonds is 4. The van der Waals surface area contributed by atoms with Crippen LogP contribution in [-0.2, 0) is 18.5 Å². The third-order valence-electron chi connectivity index (χ3n) is 8.63. The SMILES string of the molecule is N#CC1(c2ccccn2)CCN(Cc2cc3c(c4ccccc24)CN([C@@H]2CCCC[C@H]2O)C3=O)CC1. The van der Waals surface area contributed by atoms with E-state index in [0.29, 0.717) is 6.54 Å². The maximum absolute atomic E-state index is 13.6. The zero-order chi connectivity index (χ0) is 24.7. The number of benzene rings is 2. The van der Waals surface area contributed by atoms with Gasteiger partial charge in [0.05, 0.1) is 23.9 Å². The molecule has 6 rings (SSSR count). The Morgan fingerprint density at radius 1 is 1.06 bits per heavy atom. The van der Waals surface area contributed by atoms with E-state index < -0.39 is 11.5 Å². The number of amides is 1. The maximum Gasteiger partial charge on any atom is 0.254 e. The molecule has 6 heteroatoms. The highest BCUT2D eigenvalue weighted by Crippen LogP contribution is 2.38. The minimum Gasteiger partial charge on any atom is -0.391 e. The van der Waals surface area contributed by atoms with Crippen molar-refractivity contribution in [3.63, 3.8) is 0 Å². The van der Waals surface area contributed by atoms with E-state index in [-0.39, 0.29) is 11.9 Å². The quantitative estimate of drug-likeness (QED) is 0.593. The van der Waals surface area contributed by atoms with Crippen LogP contribution in [0.25, 0.3) is 10.8 Å². The van der Waals surface area contributed by atoms with E-state index in [1.54, 1.807) is 6.20 Å². The van der Waals surface area contributed by atoms with Gasteiger partial charge in [-0.1, -0.05) is 43.2 Å². The van der Waals surface area contributed by atoms with Gasteiger partial charge in [-0.15, -0.1) is 0 Å². The van der Waals surface area contributed by atoms with E-state index in [4.69, 9.17) is 0 Å². The summed E-state index contributed by atoms with van der Waals surface area (Å²) in [5.41, 5.74) is 3.37. The highest BCUT2D eigenvalue weighted by Gasteiger charge is 2.40. The second-order valence-electron chi connectivity index (χ2n) is 10.6. The maximum atomic E-state index is 13.6. The number of fused-ring (bicyclic) bond motifs is 3. The minimum absolute atomic E-state index is 0.0558. The molecule has 1 saturated carbocycles. The Morgan fingerprint density at radius 3 is 2.53 bits per heavy atom. The van der Waals surface area contributed by atoms with E-state index in [1.165, 1.54) is 5.39 Å². The van der Waals surface area contributed by atoms with E-state index >= 15 is 0 Å². The molecular formula is C30H32N4O2. The van der Waals surface area contributed by atoms with Crippen LogP contribution < -0.4 is 0 Å². The molecule has 2 atom stereocenters. The average molecular weight is 481 g/mol. The number of pyridine rings is 1. The van der Waals surface area contributed by atoms with Gasteiger partial charge in [-0.05, 0) is 65.8 Å². The van der Waals surface area contributed by atoms with Crippen LogP contribution in [0.5, 0.6) is 0 Å². The molecule has 0 unspecified atom stereocenters. The topological polar surface area (TPSA) is 80.5 Å². The molecule has 3 aliphatic rings. The summed E-state index contributed by atoms with van der Waals surface area (Å²) in [6, 6.07) is 18.8. The molecule has 1 aromatic heterocycles. The van der Waals surface area contributed by atoms with Crippen LogP contribution in [0.2, 0.25) is 0 Å². The number of aliphatic hydroxyl groups is 1. The lowest BCUT2D eigenvalue weighted by molar-refractivity contribution is 0.0192. The Balaban J connectivity index is 1.27. The molecule has 36 heavy (non-hydrogen) atoms. The van der Waals surface area contributed by atoms with Gasteiger partial charge in [0.1, 0.15) is 5.41 Å². The van der Waals surface area contributed by atoms with Gasteiger partial charge in [-0.25, -0.2) is 0 Å². The van der Waals surface area contributed by atoms with Crippen molar-refractivity contribution in [3.8, 4) is 6.07 Å². The van der Waals surface area contributed by atoms with Crippen molar-refractivity contribution in [3.05, 3.63) is 77.1 Å². The molecule has 1 N–H and O–H groups in total. The van der Waals surface area contributed by atoms with Crippen LogP contribution in [0.15, 0.2) is 54.7 Å². The summed E-state index contributed by atoms with van der Waals surface area (Å²) in [6.07, 6.45) is 6.56. The molecule has 0 bridgehead atoms. The number of hydrogen-bond acceptors (Lipinski definition) is 5. The molecule has 3 aromatic rings. The number of hydrogen-bond donors (Lipinski definition) is 1. The van der Waals surface area contributed by atoms with E-state index in [9.17, 15) is 15.2 Å². The van der Waals surface area contributed by atoms with Crippen molar-refractivity contribution < 1.29 is 9.90 Å². The molecule has 2 fully saturated rings. The Morgan fingerprint density at radius 2 is 1.81 bits per heavy atom. The first-order chi connectivity index (χ1) is 17.6. The molecule has 1 saturated heterocycles. The van der Waals surface area contributed by atoms with Crippen molar-refractivity contribution in [1.29, 1.82) is 5.26 Å². The number of carbonyl (C=O) groups is 1. The Hall–Kier alpha value is -3.27. The Bertz CT molecular complexity index is 1320. The normalized spacial score (nSPS) is 24.0. The average Bonchev–Trinajstić information content (AvgIpc) is 3.26. The van der Waals surface area contributed by atoms with Gasteiger partial charge in [-0.2, -0.15) is 5.26 Å². The first kappa shape index (κ1) is 23.1. The molecule has 184 valence electrons. The van der Waals surface area contributed by atoms with Gasteiger partial charge in [0.15, 0.2) is 0 Å². The van der Waals surface area contributed by atoms with Gasteiger partial charge in [0, 0.05) is 37.9 Å². The number of aliphatic hydroxyl groups excluding tert-OH is 1. The third kappa shape index (κ3) is 3.87. The molecular weight excluding hydrogens is 448 g/mol. The van der Waals surface area contributed by atoms with Crippen LogP contribution in [0, 0.1) is 11.3 Å². The third-order valence-corrected chi connectivity index (χ3v) is 8.63. The summed E-state index contributed by atoms with van der Waals surface area (Å²) in [5, 5.41) is 23.0. The lowest BCUT2D eigenvalue weighted by Crippen LogP contribution is -2.45. The standard InChI is InChI=1S/C30H32N4O2/c31-20-30(28-11-5-6-14-32-28)12-15-33(16-13-30)18-21-17-24-25(23-8-2-1-7-22(21)23)19-34(29(24)36)26-9-3-4-10-27(26)35/h1-2,5-8,11,14,17,26-27,35H,3-4,9-10,12-13,15-16,18-19H2/t26-,27-/m1/s1. The van der Waals surface area contributed by atoms with Crippen molar-refractivity contribution in [2.24, 2.45) is 0 Å². The zero-order valence-electron chi connectivity index (χ0n) is 20.6. The Labute approximate surface area is 212 Å². The van der Waals surface area contributed by atoms with Crippen LogP contribution >= 0.6 is 0 Å². The van der Waals surface area contributed by atoms with Crippen LogP contribution in [0.3, 0.4) is 0 Å². The predicted molar refractivity (Wildman–Crippen MR) is 138 cm³/mol. The second-order valence-corrected chi connectivity index (χ2v) is 10.6. The number of nitrogens with zero attached hydrogens (tertiary/aromatic N) is 4. The summed E-state index contributed by atoms with van der Waals surface area (Å²) >= 11 is 0. The van der Waals surface area contributed by atoms with Gasteiger partial charge in [-0.3, -0.25) is 14.7 Å². The monoisotopic (exact) mass is 480 g/mol. The molecule has 0 radical (unpaired) electrons. The van der Waals surface area contributed by atoms with Crippen molar-refractivity contribution in [2.75, 3.05) is 13.1 Å². The Kier molecular flexibility index (Phi) is 5.99. The second kappa shape index (κ2) is 9.31. The van der Waals surface area contributed by atoms with Gasteiger partial charge in [0.2, 0.25) is 0 Å². The fraction of sp³-hybridized carbons (Fsp3) is 0.433. The van der Waals surface area contributed by atoms with Gasteiger partial charge in [0.25, 0.3) is 5.91 Å². The molecule has 2 aromatic carbocycles. The summed E-state index contributed by atoms with van der Waals surface area (Å²) in [5.74, 6) is 0.0558. The first-order valence-electron chi connectivity index (χ1n) is 13.2. The fourth-order valence-corrected chi connectivity index (χ4v) is 6.53. The molecule has 1 aliphatic carbocycles. The van der Waals surface area contributed by atoms with Crippen LogP contribution in [-0.4, -0.2) is 51.0 Å². The number of nitriles is 1. The van der Waals surface area contributed by atoms with Crippen molar-refractivity contribution >= 4 is 16.7 Å². The zero-order valence-corrected chi connectivity index (χ0v) is 20.6. The lowest BCUT2D eigenvalue weighted by Gasteiger charge is -2.37. The largest absolute Gasteiger partial charge is 0.391 e. The van der Waals surface area contributed by atoms with E-state index in [2.05, 4.69) is 40.2 Å². The minimum atomic E-state index is -0.533. The molecule has 3 heterocycles. The molecule has 6 nitrogen and oxygen atoms in total. The number of aromatic nitrogens is 1. The summed E-state index contributed by atoms with van der Waals surface area (Å²) < 4.78 is 0. The highest BCUT2D eigenvalue weighted by atomic mass is 16.3. The van der Waals surface area contributed by atoms with E-state index in [1.807, 2.05) is 29.2 Å². The first-order valence-corrected chi connectivity index (χ1v) is 13.2. The van der Waals surface area contributed by atoms with E-state index in [0.717, 1.165) is 85.9 Å². The van der Waals surface area contributed by atoms with Crippen molar-refractivity contribution in [1.82, 2.24) is 14.8 Å². The summed E-state index contributed by atoms with van der Waals surface area (Å²) in [7, 11) is 0. The number of piperidine rings is 1. The van der Waals surface area contributed by atoms with Crippen LogP contribution in [0.1, 0.15) is 65.7 Å². The molecule has 0 spiro atoms. The van der Waals surface area contributed by atoms with Gasteiger partial charge >= 0.3 is 0 Å². The molecule has 2 aliphatic heterocycles. The summed E-state index contributed by atoms with van der Waals surface area (Å²) in [6.45, 7) is 2.94. The number of carbonyl (C=O) groups excluding carboxylic acids is 1. The highest BCUT2D eigenvalue weighted by molar-refractivity contribution is 6.05.